The first-order valence-electron chi connectivity index (χ1n) is 5.98. The second-order valence-corrected chi connectivity index (χ2v) is 5.02. The minimum Gasteiger partial charge on any atom is -0.364 e. The Morgan fingerprint density at radius 3 is 3.00 bits per heavy atom. The highest BCUT2D eigenvalue weighted by molar-refractivity contribution is 6.28. The molecule has 1 aromatic heterocycles. The number of aromatic nitrogens is 2. The molecule has 0 amide bonds. The molecule has 1 fully saturated rings. The van der Waals surface area contributed by atoms with Gasteiger partial charge in [0.05, 0.1) is 4.92 Å². The Morgan fingerprint density at radius 1 is 1.61 bits per heavy atom. The fourth-order valence-electron chi connectivity index (χ4n) is 2.37. The lowest BCUT2D eigenvalue weighted by Crippen LogP contribution is -2.18. The van der Waals surface area contributed by atoms with Gasteiger partial charge in [-0.2, -0.15) is 4.98 Å². The van der Waals surface area contributed by atoms with E-state index in [2.05, 4.69) is 22.2 Å². The van der Waals surface area contributed by atoms with Crippen molar-refractivity contribution in [1.82, 2.24) is 9.97 Å². The zero-order valence-corrected chi connectivity index (χ0v) is 10.9. The zero-order chi connectivity index (χ0) is 13.1. The molecule has 2 atom stereocenters. The molecule has 1 aromatic rings. The normalized spacial score (nSPS) is 23.0. The first-order valence-corrected chi connectivity index (χ1v) is 6.36. The summed E-state index contributed by atoms with van der Waals surface area (Å²) in [6.07, 6.45) is 4.73. The van der Waals surface area contributed by atoms with Gasteiger partial charge in [-0.25, -0.2) is 4.98 Å². The lowest BCUT2D eigenvalue weighted by atomic mass is 9.98. The van der Waals surface area contributed by atoms with E-state index in [0.29, 0.717) is 18.4 Å². The van der Waals surface area contributed by atoms with E-state index in [1.54, 1.807) is 0 Å². The van der Waals surface area contributed by atoms with Gasteiger partial charge in [-0.1, -0.05) is 19.8 Å². The van der Waals surface area contributed by atoms with E-state index in [-0.39, 0.29) is 16.8 Å². The van der Waals surface area contributed by atoms with E-state index in [1.807, 2.05) is 0 Å². The number of nitro groups is 1. The highest BCUT2D eigenvalue weighted by Gasteiger charge is 2.24. The van der Waals surface area contributed by atoms with Crippen LogP contribution in [-0.4, -0.2) is 21.4 Å². The van der Waals surface area contributed by atoms with E-state index in [0.717, 1.165) is 12.6 Å². The molecular formula is C11H15ClN4O2. The summed E-state index contributed by atoms with van der Waals surface area (Å²) < 4.78 is 0. The van der Waals surface area contributed by atoms with Crippen molar-refractivity contribution in [3.05, 3.63) is 21.6 Å². The van der Waals surface area contributed by atoms with Crippen molar-refractivity contribution >= 4 is 23.1 Å². The van der Waals surface area contributed by atoms with Crippen molar-refractivity contribution in [3.8, 4) is 0 Å². The molecule has 1 saturated carbocycles. The number of nitrogens with zero attached hydrogens (tertiary/aromatic N) is 3. The molecule has 0 radical (unpaired) electrons. The molecule has 0 bridgehead atoms. The number of anilines is 1. The van der Waals surface area contributed by atoms with Crippen LogP contribution in [0.4, 0.5) is 11.5 Å². The Kier molecular flexibility index (Phi) is 3.96. The Bertz CT molecular complexity index is 455. The predicted octanol–water partition coefficient (Wildman–Crippen LogP) is 2.89. The second-order valence-electron chi connectivity index (χ2n) is 4.68. The zero-order valence-electron chi connectivity index (χ0n) is 10.1. The quantitative estimate of drug-likeness (QED) is 0.517. The van der Waals surface area contributed by atoms with Crippen LogP contribution in [0, 0.1) is 22.0 Å². The van der Waals surface area contributed by atoms with Gasteiger partial charge < -0.3 is 5.32 Å². The summed E-state index contributed by atoms with van der Waals surface area (Å²) in [5, 5.41) is 13.9. The Balaban J connectivity index is 2.08. The van der Waals surface area contributed by atoms with E-state index in [1.165, 1.54) is 12.8 Å². The Hall–Kier alpha value is -1.43. The molecule has 18 heavy (non-hydrogen) atoms. The van der Waals surface area contributed by atoms with Crippen molar-refractivity contribution in [1.29, 1.82) is 0 Å². The van der Waals surface area contributed by atoms with Gasteiger partial charge in [0.1, 0.15) is 6.20 Å². The maximum atomic E-state index is 10.8. The Labute approximate surface area is 110 Å². The summed E-state index contributed by atoms with van der Waals surface area (Å²) in [7, 11) is 0. The first-order chi connectivity index (χ1) is 8.58. The van der Waals surface area contributed by atoms with Gasteiger partial charge in [0, 0.05) is 6.54 Å². The summed E-state index contributed by atoms with van der Waals surface area (Å²) in [6, 6.07) is 0. The second kappa shape index (κ2) is 5.48. The van der Waals surface area contributed by atoms with Crippen LogP contribution < -0.4 is 5.32 Å². The molecular weight excluding hydrogens is 256 g/mol. The van der Waals surface area contributed by atoms with Gasteiger partial charge in [0.25, 0.3) is 0 Å². The molecule has 0 spiro atoms. The van der Waals surface area contributed by atoms with Gasteiger partial charge in [-0.05, 0) is 29.9 Å². The van der Waals surface area contributed by atoms with Gasteiger partial charge >= 0.3 is 5.69 Å². The molecule has 0 saturated heterocycles. The van der Waals surface area contributed by atoms with Crippen LogP contribution in [0.15, 0.2) is 6.20 Å². The van der Waals surface area contributed by atoms with Gasteiger partial charge in [-0.3, -0.25) is 10.1 Å². The van der Waals surface area contributed by atoms with Crippen molar-refractivity contribution < 1.29 is 4.92 Å². The molecule has 2 rings (SSSR count). The van der Waals surface area contributed by atoms with Crippen LogP contribution in [0.25, 0.3) is 0 Å². The number of rotatable bonds is 4. The van der Waals surface area contributed by atoms with Gasteiger partial charge in [-0.15, -0.1) is 0 Å². The highest BCUT2D eigenvalue weighted by atomic mass is 35.5. The topological polar surface area (TPSA) is 81.0 Å². The van der Waals surface area contributed by atoms with Crippen LogP contribution in [0.2, 0.25) is 5.28 Å². The fourth-order valence-corrected chi connectivity index (χ4v) is 2.50. The largest absolute Gasteiger partial charge is 0.364 e. The number of hydrogen-bond acceptors (Lipinski definition) is 5. The van der Waals surface area contributed by atoms with Crippen molar-refractivity contribution in [2.24, 2.45) is 11.8 Å². The van der Waals surface area contributed by atoms with E-state index >= 15 is 0 Å². The number of hydrogen-bond donors (Lipinski definition) is 1. The average molecular weight is 271 g/mol. The third-order valence-corrected chi connectivity index (χ3v) is 3.69. The predicted molar refractivity (Wildman–Crippen MR) is 68.7 cm³/mol. The van der Waals surface area contributed by atoms with E-state index in [9.17, 15) is 10.1 Å². The maximum absolute atomic E-state index is 10.8. The smallest absolute Gasteiger partial charge is 0.329 e. The average Bonchev–Trinajstić information content (AvgIpc) is 2.72. The number of halogens is 1. The van der Waals surface area contributed by atoms with Crippen molar-refractivity contribution in [2.75, 3.05) is 11.9 Å². The molecule has 1 aliphatic carbocycles. The monoisotopic (exact) mass is 270 g/mol. The van der Waals surface area contributed by atoms with Crippen LogP contribution in [-0.2, 0) is 0 Å². The molecule has 7 heteroatoms. The van der Waals surface area contributed by atoms with E-state index in [4.69, 9.17) is 11.6 Å². The molecule has 2 unspecified atom stereocenters. The minimum absolute atomic E-state index is 0.0163. The van der Waals surface area contributed by atoms with Gasteiger partial charge in [0.15, 0.2) is 0 Å². The van der Waals surface area contributed by atoms with Crippen LogP contribution in [0.3, 0.4) is 0 Å². The highest BCUT2D eigenvalue weighted by Crippen LogP contribution is 2.32. The van der Waals surface area contributed by atoms with Crippen LogP contribution >= 0.6 is 11.6 Å². The Morgan fingerprint density at radius 2 is 2.39 bits per heavy atom. The third kappa shape index (κ3) is 2.87. The minimum atomic E-state index is -0.503. The summed E-state index contributed by atoms with van der Waals surface area (Å²) in [4.78, 5) is 17.8. The molecule has 1 heterocycles. The first kappa shape index (κ1) is 13.0. The number of nitrogens with one attached hydrogen (secondary N) is 1. The van der Waals surface area contributed by atoms with E-state index < -0.39 is 4.92 Å². The molecule has 0 aliphatic heterocycles. The summed E-state index contributed by atoms with van der Waals surface area (Å²) >= 11 is 5.66. The maximum Gasteiger partial charge on any atom is 0.329 e. The van der Waals surface area contributed by atoms with Crippen LogP contribution in [0.1, 0.15) is 26.2 Å². The van der Waals surface area contributed by atoms with Crippen molar-refractivity contribution in [2.45, 2.75) is 26.2 Å². The van der Waals surface area contributed by atoms with Crippen molar-refractivity contribution in [3.63, 3.8) is 0 Å². The molecule has 1 aliphatic rings. The summed E-state index contributed by atoms with van der Waals surface area (Å²) in [5.74, 6) is 1.39. The fraction of sp³-hybridized carbons (Fsp3) is 0.636. The molecule has 0 aromatic carbocycles. The lowest BCUT2D eigenvalue weighted by molar-refractivity contribution is -0.384. The van der Waals surface area contributed by atoms with Crippen LogP contribution in [0.5, 0.6) is 0 Å². The lowest BCUT2D eigenvalue weighted by Gasteiger charge is -2.16. The SMILES string of the molecule is CC1CCCC1CNc1nc(Cl)ncc1[N+](=O)[O-]. The molecule has 6 nitrogen and oxygen atoms in total. The summed E-state index contributed by atoms with van der Waals surface area (Å²) in [6.45, 7) is 2.90. The summed E-state index contributed by atoms with van der Waals surface area (Å²) in [5.41, 5.74) is -0.134. The third-order valence-electron chi connectivity index (χ3n) is 3.51. The van der Waals surface area contributed by atoms with Gasteiger partial charge in [0.2, 0.25) is 11.1 Å². The molecule has 98 valence electrons. The molecule has 1 N–H and O–H groups in total. The standard InChI is InChI=1S/C11H15ClN4O2/c1-7-3-2-4-8(7)5-13-10-9(16(17)18)6-14-11(12)15-10/h6-8H,2-5H2,1H3,(H,13,14,15).